The molecule has 0 saturated carbocycles. The summed E-state index contributed by atoms with van der Waals surface area (Å²) in [5.74, 6) is 1.04. The van der Waals surface area contributed by atoms with Crippen molar-refractivity contribution in [2.75, 3.05) is 4.90 Å². The van der Waals surface area contributed by atoms with Gasteiger partial charge < -0.3 is 9.80 Å². The molecule has 0 radical (unpaired) electrons. The highest BCUT2D eigenvalue weighted by molar-refractivity contribution is 5.81. The Morgan fingerprint density at radius 3 is 2.92 bits per heavy atom. The van der Waals surface area contributed by atoms with Gasteiger partial charge in [0.25, 0.3) is 0 Å². The first-order valence-electron chi connectivity index (χ1n) is 10.9. The van der Waals surface area contributed by atoms with Crippen LogP contribution in [0.3, 0.4) is 0 Å². The number of rotatable bonds is 2. The van der Waals surface area contributed by atoms with E-state index >= 15 is 0 Å². The molecule has 2 aliphatic rings. The zero-order valence-electron chi connectivity index (χ0n) is 19.2. The zero-order chi connectivity index (χ0) is 21.4. The summed E-state index contributed by atoms with van der Waals surface area (Å²) in [5, 5.41) is 0. The van der Waals surface area contributed by atoms with Crippen molar-refractivity contribution >= 4 is 16.7 Å². The minimum atomic E-state index is -2.42. The van der Waals surface area contributed by atoms with E-state index in [0.29, 0.717) is 0 Å². The molecule has 4 nitrogen and oxygen atoms in total. The topological polar surface area (TPSA) is 24.3 Å². The van der Waals surface area contributed by atoms with Gasteiger partial charge in [0, 0.05) is 34.6 Å². The van der Waals surface area contributed by atoms with Gasteiger partial charge in [0.05, 0.1) is 18.1 Å². The highest BCUT2D eigenvalue weighted by Crippen LogP contribution is 2.38. The summed E-state index contributed by atoms with van der Waals surface area (Å²) >= 11 is 0. The van der Waals surface area contributed by atoms with Gasteiger partial charge in [-0.15, -0.1) is 0 Å². The Kier molecular flexibility index (Phi) is 2.43. The molecule has 1 unspecified atom stereocenters. The Balaban J connectivity index is 1.57. The maximum Gasteiger partial charge on any atom is 0.118 e. The number of hydrogen-bond donors (Lipinski definition) is 0. The molecule has 2 atom stereocenters. The lowest BCUT2D eigenvalue weighted by molar-refractivity contribution is 0.263. The van der Waals surface area contributed by atoms with E-state index in [4.69, 9.17) is 10.5 Å². The molecule has 2 aliphatic heterocycles. The van der Waals surface area contributed by atoms with Gasteiger partial charge in [0.2, 0.25) is 0 Å². The van der Waals surface area contributed by atoms with Crippen LogP contribution in [-0.4, -0.2) is 26.6 Å². The summed E-state index contributed by atoms with van der Waals surface area (Å²) in [6, 6.07) is 10.8. The molecule has 4 heteroatoms. The van der Waals surface area contributed by atoms with Crippen LogP contribution in [0, 0.1) is 6.92 Å². The first-order valence-corrected chi connectivity index (χ1v) is 8.95. The number of para-hydroxylation sites is 2. The summed E-state index contributed by atoms with van der Waals surface area (Å²) in [5.41, 5.74) is 6.56. The predicted octanol–water partition coefficient (Wildman–Crippen LogP) is 4.59. The van der Waals surface area contributed by atoms with E-state index in [1.54, 1.807) is 11.1 Å². The van der Waals surface area contributed by atoms with Gasteiger partial charge >= 0.3 is 0 Å². The van der Waals surface area contributed by atoms with Crippen LogP contribution >= 0.6 is 0 Å². The molecule has 0 amide bonds. The number of anilines is 1. The third-order valence-electron chi connectivity index (χ3n) is 5.48. The highest BCUT2D eigenvalue weighted by Gasteiger charge is 2.29. The minimum Gasteiger partial charge on any atom is -0.353 e. The second-order valence-corrected chi connectivity index (χ2v) is 7.13. The van der Waals surface area contributed by atoms with Crippen molar-refractivity contribution in [1.82, 2.24) is 14.5 Å². The Morgan fingerprint density at radius 1 is 1.23 bits per heavy atom. The van der Waals surface area contributed by atoms with Crippen LogP contribution in [-0.2, 0) is 6.42 Å². The molecule has 3 heterocycles. The largest absolute Gasteiger partial charge is 0.353 e. The third kappa shape index (κ3) is 2.05. The molecule has 0 saturated heterocycles. The van der Waals surface area contributed by atoms with Crippen LogP contribution < -0.4 is 4.90 Å². The quantitative estimate of drug-likeness (QED) is 0.530. The summed E-state index contributed by atoms with van der Waals surface area (Å²) in [6.45, 7) is 3.04. The van der Waals surface area contributed by atoms with Crippen molar-refractivity contribution in [2.24, 2.45) is 0 Å². The van der Waals surface area contributed by atoms with E-state index in [2.05, 4.69) is 29.7 Å². The molecule has 0 bridgehead atoms. The van der Waals surface area contributed by atoms with Gasteiger partial charge in [-0.3, -0.25) is 4.57 Å². The standard InChI is InChI=1S/C22H24N4/c1-14(2)24-9-10-25(16(24)4)20-13-21-17(11-15(20)3)12-22-23-18-7-5-6-8-19(18)26(21)22/h5-11,13-14,16H,12H2,1-4H3/t16-/m0/s1/i1D3,14D/t14?,16-. The van der Waals surface area contributed by atoms with Gasteiger partial charge in [-0.2, -0.15) is 0 Å². The van der Waals surface area contributed by atoms with E-state index in [1.807, 2.05) is 36.2 Å². The van der Waals surface area contributed by atoms with Crippen LogP contribution in [0.1, 0.15) is 43.1 Å². The highest BCUT2D eigenvalue weighted by atomic mass is 15.4. The summed E-state index contributed by atoms with van der Waals surface area (Å²) in [6.07, 6.45) is 4.10. The fraction of sp³-hybridized carbons (Fsp3) is 0.318. The molecular weight excluding hydrogens is 320 g/mol. The lowest BCUT2D eigenvalue weighted by atomic mass is 10.1. The van der Waals surface area contributed by atoms with Crippen LogP contribution in [0.15, 0.2) is 48.8 Å². The predicted molar refractivity (Wildman–Crippen MR) is 107 cm³/mol. The smallest absolute Gasteiger partial charge is 0.118 e. The molecule has 0 N–H and O–H groups in total. The second kappa shape index (κ2) is 5.37. The van der Waals surface area contributed by atoms with Crippen LogP contribution in [0.5, 0.6) is 0 Å². The molecule has 3 aromatic rings. The molecule has 132 valence electrons. The molecule has 0 aliphatic carbocycles. The van der Waals surface area contributed by atoms with Gasteiger partial charge in [0.15, 0.2) is 0 Å². The SMILES string of the molecule is [2H]C([2H])([2H])C([2H])(C)N1C=CN(c2cc3c(cc2C)Cc2nc4ccccc4n2-3)[C@H]1C. The summed E-state index contributed by atoms with van der Waals surface area (Å²) < 4.78 is 34.0. The van der Waals surface area contributed by atoms with Crippen molar-refractivity contribution < 1.29 is 5.48 Å². The summed E-state index contributed by atoms with van der Waals surface area (Å²) in [7, 11) is 0. The van der Waals surface area contributed by atoms with E-state index in [0.717, 1.165) is 40.2 Å². The van der Waals surface area contributed by atoms with E-state index in [-0.39, 0.29) is 6.17 Å². The number of benzene rings is 2. The fourth-order valence-electron chi connectivity index (χ4n) is 4.21. The van der Waals surface area contributed by atoms with E-state index in [1.165, 1.54) is 12.5 Å². The van der Waals surface area contributed by atoms with Gasteiger partial charge in [-0.25, -0.2) is 4.98 Å². The number of hydrogen-bond acceptors (Lipinski definition) is 3. The normalized spacial score (nSPS) is 23.3. The third-order valence-corrected chi connectivity index (χ3v) is 5.48. The van der Waals surface area contributed by atoms with Crippen molar-refractivity contribution in [3.63, 3.8) is 0 Å². The van der Waals surface area contributed by atoms with Gasteiger partial charge in [-0.1, -0.05) is 18.2 Å². The molecule has 0 spiro atoms. The molecule has 1 aromatic heterocycles. The Hall–Kier alpha value is -2.75. The number of nitrogens with zero attached hydrogens (tertiary/aromatic N) is 4. The van der Waals surface area contributed by atoms with Crippen molar-refractivity contribution in [3.05, 3.63) is 65.7 Å². The zero-order valence-corrected chi connectivity index (χ0v) is 15.2. The molecule has 0 fully saturated rings. The molecule has 5 rings (SSSR count). The number of imidazole rings is 1. The first kappa shape index (κ1) is 11.8. The fourth-order valence-corrected chi connectivity index (χ4v) is 4.21. The van der Waals surface area contributed by atoms with Gasteiger partial charge in [-0.05, 0) is 56.9 Å². The van der Waals surface area contributed by atoms with Crippen LogP contribution in [0.2, 0.25) is 0 Å². The van der Waals surface area contributed by atoms with Crippen molar-refractivity contribution in [3.8, 4) is 5.69 Å². The number of aryl methyl sites for hydroxylation is 1. The van der Waals surface area contributed by atoms with Crippen LogP contribution in [0.4, 0.5) is 5.69 Å². The Morgan fingerprint density at radius 2 is 2.08 bits per heavy atom. The average Bonchev–Trinajstić information content (AvgIpc) is 3.31. The minimum absolute atomic E-state index is 0.287. The van der Waals surface area contributed by atoms with Crippen LogP contribution in [0.25, 0.3) is 16.7 Å². The molecular formula is C22H24N4. The Labute approximate surface area is 160 Å². The van der Waals surface area contributed by atoms with E-state index < -0.39 is 12.9 Å². The lowest BCUT2D eigenvalue weighted by Crippen LogP contribution is -2.39. The number of fused-ring (bicyclic) bond motifs is 5. The average molecular weight is 348 g/mol. The summed E-state index contributed by atoms with van der Waals surface area (Å²) in [4.78, 5) is 8.44. The second-order valence-electron chi connectivity index (χ2n) is 7.13. The van der Waals surface area contributed by atoms with Crippen molar-refractivity contribution in [1.29, 1.82) is 0 Å². The van der Waals surface area contributed by atoms with Crippen molar-refractivity contribution in [2.45, 2.75) is 46.2 Å². The van der Waals surface area contributed by atoms with Gasteiger partial charge in [0.1, 0.15) is 12.0 Å². The molecule has 2 aromatic carbocycles. The molecule has 26 heavy (non-hydrogen) atoms. The monoisotopic (exact) mass is 348 g/mol. The maximum atomic E-state index is 8.47. The first-order chi connectivity index (χ1) is 14.1. The Bertz CT molecular complexity index is 1190. The lowest BCUT2D eigenvalue weighted by Gasteiger charge is -2.33. The van der Waals surface area contributed by atoms with E-state index in [9.17, 15) is 0 Å². The number of aromatic nitrogens is 2. The maximum absolute atomic E-state index is 8.47.